The highest BCUT2D eigenvalue weighted by atomic mass is 16.5. The number of rotatable bonds is 2. The predicted molar refractivity (Wildman–Crippen MR) is 43.1 cm³/mol. The maximum absolute atomic E-state index is 8.64. The molecule has 0 atom stereocenters. The standard InChI is InChI=1S/C7H7N5O/c1-13-4-12-7(10)5(2-8)6(3-9)11-12/h4,10H2,1H3. The van der Waals surface area contributed by atoms with Crippen LogP contribution in [0.5, 0.6) is 0 Å². The molecule has 13 heavy (non-hydrogen) atoms. The van der Waals surface area contributed by atoms with Gasteiger partial charge in [-0.25, -0.2) is 4.68 Å². The van der Waals surface area contributed by atoms with Crippen LogP contribution in [-0.2, 0) is 11.5 Å². The molecule has 0 bridgehead atoms. The first kappa shape index (κ1) is 9.04. The summed E-state index contributed by atoms with van der Waals surface area (Å²) >= 11 is 0. The third-order valence-electron chi connectivity index (χ3n) is 1.46. The molecule has 0 amide bonds. The van der Waals surface area contributed by atoms with Gasteiger partial charge in [-0.1, -0.05) is 0 Å². The van der Waals surface area contributed by atoms with Crippen LogP contribution < -0.4 is 5.73 Å². The zero-order chi connectivity index (χ0) is 9.84. The number of nitrogens with zero attached hydrogens (tertiary/aromatic N) is 4. The van der Waals surface area contributed by atoms with Crippen molar-refractivity contribution in [2.45, 2.75) is 6.73 Å². The van der Waals surface area contributed by atoms with Gasteiger partial charge in [-0.15, -0.1) is 0 Å². The smallest absolute Gasteiger partial charge is 0.182 e. The summed E-state index contributed by atoms with van der Waals surface area (Å²) in [6, 6.07) is 3.58. The number of hydrogen-bond acceptors (Lipinski definition) is 5. The largest absolute Gasteiger partial charge is 0.383 e. The first-order valence-corrected chi connectivity index (χ1v) is 3.40. The molecule has 66 valence electrons. The van der Waals surface area contributed by atoms with Gasteiger partial charge in [0, 0.05) is 7.11 Å². The minimum Gasteiger partial charge on any atom is -0.383 e. The second-order valence-electron chi connectivity index (χ2n) is 2.25. The number of aromatic nitrogens is 2. The van der Waals surface area contributed by atoms with E-state index in [0.29, 0.717) is 0 Å². The zero-order valence-electron chi connectivity index (χ0n) is 6.98. The summed E-state index contributed by atoms with van der Waals surface area (Å²) in [5, 5.41) is 21.0. The second kappa shape index (κ2) is 3.57. The first-order valence-electron chi connectivity index (χ1n) is 3.40. The number of anilines is 1. The Balaban J connectivity index is 3.22. The molecule has 0 saturated carbocycles. The van der Waals surface area contributed by atoms with Crippen molar-refractivity contribution in [3.8, 4) is 12.1 Å². The highest BCUT2D eigenvalue weighted by molar-refractivity contribution is 5.55. The SMILES string of the molecule is COCn1nc(C#N)c(C#N)c1N. The number of nitrogen functional groups attached to an aromatic ring is 1. The summed E-state index contributed by atoms with van der Waals surface area (Å²) in [6.45, 7) is 0.127. The van der Waals surface area contributed by atoms with E-state index in [0.717, 1.165) is 0 Å². The highest BCUT2D eigenvalue weighted by Crippen LogP contribution is 2.14. The fraction of sp³-hybridized carbons (Fsp3) is 0.286. The lowest BCUT2D eigenvalue weighted by Crippen LogP contribution is -2.06. The number of methoxy groups -OCH3 is 1. The molecule has 1 heterocycles. The van der Waals surface area contributed by atoms with E-state index in [1.807, 2.05) is 6.07 Å². The first-order chi connectivity index (χ1) is 6.24. The second-order valence-corrected chi connectivity index (χ2v) is 2.25. The molecular formula is C7H7N5O. The van der Waals surface area contributed by atoms with Crippen molar-refractivity contribution in [1.82, 2.24) is 9.78 Å². The van der Waals surface area contributed by atoms with E-state index < -0.39 is 0 Å². The maximum atomic E-state index is 8.64. The minimum atomic E-state index is 0.0250. The summed E-state index contributed by atoms with van der Waals surface area (Å²) in [6.07, 6.45) is 0. The normalized spacial score (nSPS) is 9.15. The Kier molecular flexibility index (Phi) is 2.48. The lowest BCUT2D eigenvalue weighted by Gasteiger charge is -1.99. The average molecular weight is 177 g/mol. The molecule has 0 aromatic carbocycles. The number of nitrogens with two attached hydrogens (primary N) is 1. The van der Waals surface area contributed by atoms with Gasteiger partial charge in [-0.2, -0.15) is 15.6 Å². The maximum Gasteiger partial charge on any atom is 0.182 e. The van der Waals surface area contributed by atoms with Gasteiger partial charge in [0.05, 0.1) is 0 Å². The molecule has 0 saturated heterocycles. The molecule has 6 heteroatoms. The monoisotopic (exact) mass is 177 g/mol. The Labute approximate surface area is 74.7 Å². The minimum absolute atomic E-state index is 0.0250. The topological polar surface area (TPSA) is 101 Å². The average Bonchev–Trinajstić information content (AvgIpc) is 2.44. The van der Waals surface area contributed by atoms with Gasteiger partial charge in [0.1, 0.15) is 30.3 Å². The van der Waals surface area contributed by atoms with Crippen LogP contribution in [0.1, 0.15) is 11.3 Å². The lowest BCUT2D eigenvalue weighted by molar-refractivity contribution is 0.122. The quantitative estimate of drug-likeness (QED) is 0.674. The van der Waals surface area contributed by atoms with Crippen LogP contribution in [0.3, 0.4) is 0 Å². The van der Waals surface area contributed by atoms with Crippen molar-refractivity contribution < 1.29 is 4.74 Å². The van der Waals surface area contributed by atoms with Crippen molar-refractivity contribution >= 4 is 5.82 Å². The van der Waals surface area contributed by atoms with Gasteiger partial charge in [-0.05, 0) is 0 Å². The van der Waals surface area contributed by atoms with E-state index in [1.165, 1.54) is 11.8 Å². The Morgan fingerprint density at radius 1 is 1.54 bits per heavy atom. The number of hydrogen-bond donors (Lipinski definition) is 1. The summed E-state index contributed by atoms with van der Waals surface area (Å²) < 4.78 is 6.03. The lowest BCUT2D eigenvalue weighted by atomic mass is 10.3. The molecule has 0 spiro atoms. The highest BCUT2D eigenvalue weighted by Gasteiger charge is 2.14. The molecule has 1 aromatic heterocycles. The summed E-state index contributed by atoms with van der Waals surface area (Å²) in [7, 11) is 1.47. The molecule has 1 aromatic rings. The molecule has 0 unspecified atom stereocenters. The predicted octanol–water partition coefficient (Wildman–Crippen LogP) is -0.187. The van der Waals surface area contributed by atoms with E-state index in [4.69, 9.17) is 21.0 Å². The Morgan fingerprint density at radius 3 is 2.62 bits per heavy atom. The molecule has 1 rings (SSSR count). The van der Waals surface area contributed by atoms with Gasteiger partial charge in [0.25, 0.3) is 0 Å². The van der Waals surface area contributed by atoms with Gasteiger partial charge >= 0.3 is 0 Å². The molecule has 0 aliphatic rings. The van der Waals surface area contributed by atoms with E-state index in [9.17, 15) is 0 Å². The Hall–Kier alpha value is -2.05. The fourth-order valence-electron chi connectivity index (χ4n) is 0.884. The van der Waals surface area contributed by atoms with E-state index >= 15 is 0 Å². The number of nitriles is 2. The van der Waals surface area contributed by atoms with Crippen LogP contribution in [0.15, 0.2) is 0 Å². The Bertz CT molecular complexity index is 394. The Morgan fingerprint density at radius 2 is 2.23 bits per heavy atom. The molecule has 0 aliphatic heterocycles. The molecule has 0 fully saturated rings. The fourth-order valence-corrected chi connectivity index (χ4v) is 0.884. The van der Waals surface area contributed by atoms with Crippen molar-refractivity contribution in [2.24, 2.45) is 0 Å². The van der Waals surface area contributed by atoms with Crippen LogP contribution in [0, 0.1) is 22.7 Å². The molecule has 6 nitrogen and oxygen atoms in total. The third-order valence-corrected chi connectivity index (χ3v) is 1.46. The van der Waals surface area contributed by atoms with Crippen LogP contribution >= 0.6 is 0 Å². The van der Waals surface area contributed by atoms with Crippen LogP contribution in [0.25, 0.3) is 0 Å². The molecule has 0 aliphatic carbocycles. The van der Waals surface area contributed by atoms with Gasteiger partial charge < -0.3 is 10.5 Å². The van der Waals surface area contributed by atoms with Crippen molar-refractivity contribution in [2.75, 3.05) is 12.8 Å². The van der Waals surface area contributed by atoms with Crippen molar-refractivity contribution in [1.29, 1.82) is 10.5 Å². The van der Waals surface area contributed by atoms with E-state index in [-0.39, 0.29) is 23.8 Å². The summed E-state index contributed by atoms with van der Waals surface area (Å²) in [5.41, 5.74) is 5.64. The summed E-state index contributed by atoms with van der Waals surface area (Å²) in [5.74, 6) is 0.154. The molecule has 0 radical (unpaired) electrons. The van der Waals surface area contributed by atoms with E-state index in [1.54, 1.807) is 6.07 Å². The van der Waals surface area contributed by atoms with Crippen LogP contribution in [0.4, 0.5) is 5.82 Å². The van der Waals surface area contributed by atoms with Gasteiger partial charge in [-0.3, -0.25) is 0 Å². The number of ether oxygens (including phenoxy) is 1. The molecular weight excluding hydrogens is 170 g/mol. The third kappa shape index (κ3) is 1.43. The van der Waals surface area contributed by atoms with Gasteiger partial charge in [0.15, 0.2) is 5.69 Å². The van der Waals surface area contributed by atoms with Crippen LogP contribution in [0.2, 0.25) is 0 Å². The zero-order valence-corrected chi connectivity index (χ0v) is 6.98. The van der Waals surface area contributed by atoms with Crippen LogP contribution in [-0.4, -0.2) is 16.9 Å². The van der Waals surface area contributed by atoms with Crippen molar-refractivity contribution in [3.05, 3.63) is 11.3 Å². The van der Waals surface area contributed by atoms with Gasteiger partial charge in [0.2, 0.25) is 0 Å². The van der Waals surface area contributed by atoms with E-state index in [2.05, 4.69) is 5.10 Å². The van der Waals surface area contributed by atoms with Crippen molar-refractivity contribution in [3.63, 3.8) is 0 Å². The molecule has 2 N–H and O–H groups in total. The summed E-state index contributed by atoms with van der Waals surface area (Å²) in [4.78, 5) is 0.